The number of rotatable bonds is 21. The minimum Gasteiger partial charge on any atom is -0.481 e. The highest BCUT2D eigenvalue weighted by atomic mass is 19.2. The van der Waals surface area contributed by atoms with Crippen LogP contribution < -0.4 is 14.8 Å². The van der Waals surface area contributed by atoms with Crippen molar-refractivity contribution in [2.24, 2.45) is 0 Å². The lowest BCUT2D eigenvalue weighted by Crippen LogP contribution is -2.33. The molecule has 1 fully saturated rings. The molecule has 1 saturated heterocycles. The Balaban J connectivity index is 0.000000215. The minimum absolute atomic E-state index is 0.0314. The van der Waals surface area contributed by atoms with Gasteiger partial charge in [-0.05, 0) is 83.8 Å². The molecule has 3 atom stereocenters. The van der Waals surface area contributed by atoms with Crippen LogP contribution in [0.1, 0.15) is 57.3 Å². The Morgan fingerprint density at radius 1 is 0.634 bits per heavy atom. The van der Waals surface area contributed by atoms with Gasteiger partial charge in [0.1, 0.15) is 6.10 Å². The van der Waals surface area contributed by atoms with Crippen LogP contribution in [0.4, 0.5) is 26.3 Å². The average molecular weight is 999 g/mol. The highest BCUT2D eigenvalue weighted by Gasteiger charge is 2.25. The zero-order chi connectivity index (χ0) is 51.7. The van der Waals surface area contributed by atoms with Gasteiger partial charge in [-0.25, -0.2) is 36.3 Å². The average Bonchev–Trinajstić information content (AvgIpc) is 4.23. The van der Waals surface area contributed by atoms with Gasteiger partial charge in [-0.2, -0.15) is 0 Å². The van der Waals surface area contributed by atoms with Crippen molar-refractivity contribution in [3.8, 4) is 11.8 Å². The number of nitrogens with zero attached hydrogens (tertiary/aromatic N) is 5. The fourth-order valence-corrected chi connectivity index (χ4v) is 6.69. The maximum atomic E-state index is 13.4. The molecule has 4 heterocycles. The monoisotopic (exact) mass is 998 g/mol. The quantitative estimate of drug-likeness (QED) is 0.0268. The summed E-state index contributed by atoms with van der Waals surface area (Å²) in [6.45, 7) is 4.55. The molecule has 71 heavy (non-hydrogen) atoms. The molecule has 0 aliphatic carbocycles. The van der Waals surface area contributed by atoms with E-state index in [9.17, 15) is 46.8 Å². The fourth-order valence-electron chi connectivity index (χ4n) is 6.69. The summed E-state index contributed by atoms with van der Waals surface area (Å²) in [7, 11) is 3.11. The van der Waals surface area contributed by atoms with E-state index in [1.54, 1.807) is 41.4 Å². The van der Waals surface area contributed by atoms with Gasteiger partial charge in [0.15, 0.2) is 34.9 Å². The summed E-state index contributed by atoms with van der Waals surface area (Å²) in [6, 6.07) is 21.5. The van der Waals surface area contributed by atoms with E-state index in [0.717, 1.165) is 59.8 Å². The van der Waals surface area contributed by atoms with Crippen molar-refractivity contribution in [3.63, 3.8) is 0 Å². The maximum Gasteiger partial charge on any atom is 0.212 e. The van der Waals surface area contributed by atoms with Gasteiger partial charge in [-0.1, -0.05) is 24.3 Å². The third kappa shape index (κ3) is 19.9. The molecular weight excluding hydrogens is 939 g/mol. The van der Waals surface area contributed by atoms with Crippen LogP contribution in [0, 0.1) is 41.8 Å². The maximum absolute atomic E-state index is 13.4. The Morgan fingerprint density at radius 3 is 1.63 bits per heavy atom. The highest BCUT2D eigenvalue weighted by Crippen LogP contribution is 2.29. The lowest BCUT2D eigenvalue weighted by molar-refractivity contribution is 0.0949. The summed E-state index contributed by atoms with van der Waals surface area (Å²) in [6.07, 6.45) is 4.43. The Labute approximate surface area is 408 Å². The molecular formula is C51H60F6N6O8. The molecule has 384 valence electrons. The number of hydrogen-bond acceptors (Lipinski definition) is 14. The van der Waals surface area contributed by atoms with Crippen LogP contribution in [-0.4, -0.2) is 124 Å². The van der Waals surface area contributed by atoms with E-state index in [-0.39, 0.29) is 64.8 Å². The number of aryl methyl sites for hydroxylation is 1. The van der Waals surface area contributed by atoms with Crippen molar-refractivity contribution in [1.29, 1.82) is 0 Å². The number of methoxy groups -OCH3 is 2. The molecule has 0 spiro atoms. The molecule has 3 aromatic carbocycles. The Kier molecular flexibility index (Phi) is 24.8. The largest absolute Gasteiger partial charge is 0.481 e. The summed E-state index contributed by atoms with van der Waals surface area (Å²) in [5.41, 5.74) is 5.18. The second-order valence-corrected chi connectivity index (χ2v) is 15.8. The van der Waals surface area contributed by atoms with E-state index in [1.807, 2.05) is 31.2 Å². The van der Waals surface area contributed by atoms with Gasteiger partial charge in [0.05, 0.1) is 59.4 Å². The molecule has 1 aliphatic rings. The summed E-state index contributed by atoms with van der Waals surface area (Å²) < 4.78 is 92.8. The normalized spacial score (nSPS) is 13.5. The smallest absolute Gasteiger partial charge is 0.212 e. The standard InChI is InChI=1S/C17H20F2N2O3.C17H20F2N2O2.C9H11F2NO.C8H9NO2/c1-24-17-5-3-13(9-20-17)16(23)11-21(6-7-22)10-12-2-4-14(18)15(19)8-12;1-12-2-4-14(9-20-12)17(11-23)21(6-7-22)10-13-3-5-15(18)16(19)8-13;10-8-2-1-7(5-9(8)11)6-12-3-4-13;1-10-8-3-2-6(4-9-8)7-5-11-7/h2-5,8-9,16,22-23H,6-7,10-11H2,1H3;2-5,8-9,17,22-23H,6-7,10-11H2,1H3;1-2,5,12-13H,3-4,6H2;2-4,7H,5H2,1H3. The SMILES string of the molecule is COc1ccc(C(O)CN(CCO)Cc2ccc(F)c(F)c2)cn1.COc1ccc(C2CO2)cn1.Cc1ccc(C(CO)N(CCO)Cc2ccc(F)c(F)c2)cn1.OCCNCc1ccc(F)c(F)c1. The van der Waals surface area contributed by atoms with E-state index in [0.29, 0.717) is 53.6 Å². The number of aliphatic hydroxyl groups is 5. The first kappa shape index (κ1) is 57.5. The zero-order valence-electron chi connectivity index (χ0n) is 39.6. The zero-order valence-corrected chi connectivity index (χ0v) is 39.6. The van der Waals surface area contributed by atoms with E-state index in [1.165, 1.54) is 31.5 Å². The van der Waals surface area contributed by atoms with Crippen molar-refractivity contribution < 1.29 is 66.1 Å². The van der Waals surface area contributed by atoms with Crippen LogP contribution in [0.25, 0.3) is 0 Å². The Hall–Kier alpha value is -6.07. The van der Waals surface area contributed by atoms with E-state index < -0.39 is 41.0 Å². The van der Waals surface area contributed by atoms with Crippen LogP contribution in [-0.2, 0) is 24.4 Å². The van der Waals surface area contributed by atoms with Crippen LogP contribution in [0.2, 0.25) is 0 Å². The predicted octanol–water partition coefficient (Wildman–Crippen LogP) is 6.30. The van der Waals surface area contributed by atoms with Gasteiger partial charge in [0.2, 0.25) is 11.8 Å². The molecule has 14 nitrogen and oxygen atoms in total. The van der Waals surface area contributed by atoms with Gasteiger partial charge >= 0.3 is 0 Å². The molecule has 3 unspecified atom stereocenters. The number of epoxide rings is 1. The van der Waals surface area contributed by atoms with E-state index in [2.05, 4.69) is 20.3 Å². The van der Waals surface area contributed by atoms with Crippen LogP contribution in [0.15, 0.2) is 110 Å². The van der Waals surface area contributed by atoms with Crippen molar-refractivity contribution in [2.75, 3.05) is 73.4 Å². The van der Waals surface area contributed by atoms with Crippen LogP contribution in [0.5, 0.6) is 11.8 Å². The second kappa shape index (κ2) is 30.6. The molecule has 0 radical (unpaired) electrons. The molecule has 1 aliphatic heterocycles. The molecule has 0 amide bonds. The number of halogens is 6. The molecule has 6 N–H and O–H groups in total. The summed E-state index contributed by atoms with van der Waals surface area (Å²) >= 11 is 0. The van der Waals surface area contributed by atoms with Crippen molar-refractivity contribution in [2.45, 2.75) is 44.8 Å². The van der Waals surface area contributed by atoms with E-state index in [4.69, 9.17) is 19.3 Å². The first-order chi connectivity index (χ1) is 34.2. The Morgan fingerprint density at radius 2 is 1.17 bits per heavy atom. The minimum atomic E-state index is -0.920. The molecule has 7 rings (SSSR count). The number of aliphatic hydroxyl groups excluding tert-OH is 5. The van der Waals surface area contributed by atoms with Gasteiger partial charge in [0.25, 0.3) is 0 Å². The topological polar surface area (TPSA) is 189 Å². The number of hydrogen-bond donors (Lipinski definition) is 6. The fraction of sp³-hybridized carbons (Fsp3) is 0.353. The molecule has 6 aromatic rings. The number of pyridine rings is 3. The van der Waals surface area contributed by atoms with Crippen molar-refractivity contribution in [1.82, 2.24) is 30.1 Å². The van der Waals surface area contributed by atoms with Gasteiger partial charge in [-0.15, -0.1) is 0 Å². The number of benzene rings is 3. The van der Waals surface area contributed by atoms with Crippen molar-refractivity contribution >= 4 is 0 Å². The lowest BCUT2D eigenvalue weighted by Gasteiger charge is -2.30. The van der Waals surface area contributed by atoms with Gasteiger partial charge < -0.3 is 45.1 Å². The summed E-state index contributed by atoms with van der Waals surface area (Å²) in [4.78, 5) is 15.9. The molecule has 0 saturated carbocycles. The molecule has 0 bridgehead atoms. The molecule has 20 heteroatoms. The third-order valence-corrected chi connectivity index (χ3v) is 10.6. The second-order valence-electron chi connectivity index (χ2n) is 15.8. The number of aromatic nitrogens is 3. The predicted molar refractivity (Wildman–Crippen MR) is 252 cm³/mol. The third-order valence-electron chi connectivity index (χ3n) is 10.6. The highest BCUT2D eigenvalue weighted by molar-refractivity contribution is 5.24. The summed E-state index contributed by atoms with van der Waals surface area (Å²) in [5, 5.41) is 49.8. The van der Waals surface area contributed by atoms with Crippen LogP contribution >= 0.6 is 0 Å². The summed E-state index contributed by atoms with van der Waals surface area (Å²) in [5.74, 6) is -4.23. The lowest BCUT2D eigenvalue weighted by atomic mass is 10.1. The first-order valence-corrected chi connectivity index (χ1v) is 22.4. The van der Waals surface area contributed by atoms with Crippen molar-refractivity contribution in [3.05, 3.63) is 184 Å². The van der Waals surface area contributed by atoms with Gasteiger partial charge in [-0.3, -0.25) is 14.8 Å². The van der Waals surface area contributed by atoms with Gasteiger partial charge in [0, 0.05) is 93.4 Å². The number of ether oxygens (including phenoxy) is 3. The number of nitrogens with one attached hydrogen (secondary N) is 1. The van der Waals surface area contributed by atoms with E-state index >= 15 is 0 Å². The first-order valence-electron chi connectivity index (χ1n) is 22.4. The van der Waals surface area contributed by atoms with Crippen LogP contribution in [0.3, 0.4) is 0 Å². The molecule has 3 aromatic heterocycles. The Bertz CT molecular complexity index is 2460.